The molecule has 1 heterocycles. The summed E-state index contributed by atoms with van der Waals surface area (Å²) in [4.78, 5) is 23.6. The number of nitrogens with one attached hydrogen (secondary N) is 3. The Morgan fingerprint density at radius 1 is 1.19 bits per heavy atom. The molecule has 1 aromatic carbocycles. The molecular weight excluding hydrogens is 350 g/mol. The van der Waals surface area contributed by atoms with Crippen LogP contribution in [0.25, 0.3) is 0 Å². The lowest BCUT2D eigenvalue weighted by molar-refractivity contribution is -0.123. The number of rotatable bonds is 9. The first kappa shape index (κ1) is 19.0. The smallest absolute Gasteiger partial charge is 0.258 e. The fourth-order valence-electron chi connectivity index (χ4n) is 2.79. The molecule has 142 valence electrons. The molecule has 1 aliphatic carbocycles. The quantitative estimate of drug-likeness (QED) is 0.601. The molecule has 1 unspecified atom stereocenters. The summed E-state index contributed by atoms with van der Waals surface area (Å²) in [6.07, 6.45) is 3.48. The highest BCUT2D eigenvalue weighted by molar-refractivity contribution is 7.99. The predicted octanol–water partition coefficient (Wildman–Crippen LogP) is 1.10. The van der Waals surface area contributed by atoms with Gasteiger partial charge < -0.3 is 20.7 Å². The van der Waals surface area contributed by atoms with Gasteiger partial charge in [-0.15, -0.1) is 0 Å². The van der Waals surface area contributed by atoms with Gasteiger partial charge in [0.15, 0.2) is 6.61 Å². The Balaban J connectivity index is 1.30. The zero-order valence-corrected chi connectivity index (χ0v) is 15.8. The highest BCUT2D eigenvalue weighted by Gasteiger charge is 2.23. The Hall–Kier alpha value is -1.73. The molecule has 0 radical (unpaired) electrons. The van der Waals surface area contributed by atoms with Crippen molar-refractivity contribution in [2.75, 3.05) is 31.2 Å². The van der Waals surface area contributed by atoms with Crippen LogP contribution in [0.3, 0.4) is 0 Å². The van der Waals surface area contributed by atoms with Crippen molar-refractivity contribution in [1.29, 1.82) is 0 Å². The number of ether oxygens (including phenoxy) is 1. The number of carbonyl (C=O) groups excluding carboxylic acids is 2. The van der Waals surface area contributed by atoms with E-state index in [1.165, 1.54) is 0 Å². The predicted molar refractivity (Wildman–Crippen MR) is 104 cm³/mol. The second-order valence-corrected chi connectivity index (χ2v) is 7.95. The van der Waals surface area contributed by atoms with Crippen molar-refractivity contribution in [2.45, 2.75) is 37.8 Å². The minimum atomic E-state index is -0.0647. The van der Waals surface area contributed by atoms with Gasteiger partial charge in [-0.3, -0.25) is 9.59 Å². The highest BCUT2D eigenvalue weighted by atomic mass is 32.2. The molecular formula is C19H27N3O3S. The molecule has 2 amide bonds. The summed E-state index contributed by atoms with van der Waals surface area (Å²) >= 11 is 1.90. The van der Waals surface area contributed by atoms with Crippen molar-refractivity contribution in [3.63, 3.8) is 0 Å². The number of amides is 2. The summed E-state index contributed by atoms with van der Waals surface area (Å²) in [6, 6.07) is 8.33. The van der Waals surface area contributed by atoms with E-state index in [-0.39, 0.29) is 18.4 Å². The third-order valence-corrected chi connectivity index (χ3v) is 5.53. The van der Waals surface area contributed by atoms with Crippen LogP contribution in [0.5, 0.6) is 5.75 Å². The zero-order chi connectivity index (χ0) is 18.2. The van der Waals surface area contributed by atoms with Crippen LogP contribution in [0, 0.1) is 0 Å². The molecule has 1 atom stereocenters. The van der Waals surface area contributed by atoms with Crippen molar-refractivity contribution in [2.24, 2.45) is 0 Å². The molecule has 0 bridgehead atoms. The van der Waals surface area contributed by atoms with E-state index >= 15 is 0 Å². The van der Waals surface area contributed by atoms with Crippen molar-refractivity contribution in [3.8, 4) is 5.75 Å². The van der Waals surface area contributed by atoms with Gasteiger partial charge in [-0.1, -0.05) is 12.1 Å². The second kappa shape index (κ2) is 9.83. The summed E-state index contributed by atoms with van der Waals surface area (Å²) in [5.74, 6) is 2.86. The average Bonchev–Trinajstić information content (AvgIpc) is 3.46. The number of benzene rings is 1. The fourth-order valence-corrected chi connectivity index (χ4v) is 3.74. The van der Waals surface area contributed by atoms with Crippen molar-refractivity contribution in [3.05, 3.63) is 29.8 Å². The highest BCUT2D eigenvalue weighted by Crippen LogP contribution is 2.18. The first-order chi connectivity index (χ1) is 12.7. The molecule has 6 nitrogen and oxygen atoms in total. The van der Waals surface area contributed by atoms with Crippen LogP contribution >= 0.6 is 11.8 Å². The van der Waals surface area contributed by atoms with Crippen LogP contribution in [0.4, 0.5) is 0 Å². The SMILES string of the molecule is O=C(CC1CSCCN1)NCCc1ccc(OCC(=O)NC2CC2)cc1. The van der Waals surface area contributed by atoms with Gasteiger partial charge >= 0.3 is 0 Å². The van der Waals surface area contributed by atoms with E-state index in [1.54, 1.807) is 0 Å². The lowest BCUT2D eigenvalue weighted by Gasteiger charge is -2.22. The summed E-state index contributed by atoms with van der Waals surface area (Å²) in [5.41, 5.74) is 1.13. The van der Waals surface area contributed by atoms with Gasteiger partial charge in [0.2, 0.25) is 5.91 Å². The van der Waals surface area contributed by atoms with Crippen LogP contribution in [0.2, 0.25) is 0 Å². The van der Waals surface area contributed by atoms with E-state index in [0.717, 1.165) is 42.9 Å². The number of hydrogen-bond acceptors (Lipinski definition) is 5. The molecule has 0 spiro atoms. The van der Waals surface area contributed by atoms with E-state index in [9.17, 15) is 9.59 Å². The monoisotopic (exact) mass is 377 g/mol. The lowest BCUT2D eigenvalue weighted by Crippen LogP contribution is -2.41. The van der Waals surface area contributed by atoms with Gasteiger partial charge in [0, 0.05) is 43.1 Å². The summed E-state index contributed by atoms with van der Waals surface area (Å²) in [6.45, 7) is 1.67. The average molecular weight is 378 g/mol. The molecule has 3 N–H and O–H groups in total. The summed E-state index contributed by atoms with van der Waals surface area (Å²) < 4.78 is 5.49. The molecule has 1 saturated carbocycles. The Labute approximate surface area is 158 Å². The van der Waals surface area contributed by atoms with E-state index in [2.05, 4.69) is 16.0 Å². The number of carbonyl (C=O) groups is 2. The van der Waals surface area contributed by atoms with Crippen molar-refractivity contribution < 1.29 is 14.3 Å². The molecule has 0 aromatic heterocycles. The molecule has 1 aliphatic heterocycles. The van der Waals surface area contributed by atoms with Gasteiger partial charge in [-0.25, -0.2) is 0 Å². The summed E-state index contributed by atoms with van der Waals surface area (Å²) in [5, 5.41) is 9.25. The standard InChI is InChI=1S/C19H27N3O3S/c23-18(11-16-13-26-10-9-20-16)21-8-7-14-1-5-17(6-2-14)25-12-19(24)22-15-3-4-15/h1-2,5-6,15-16,20H,3-4,7-13H2,(H,21,23)(H,22,24). The van der Waals surface area contributed by atoms with E-state index < -0.39 is 0 Å². The van der Waals surface area contributed by atoms with Gasteiger partial charge in [-0.05, 0) is 37.0 Å². The first-order valence-corrected chi connectivity index (χ1v) is 10.4. The van der Waals surface area contributed by atoms with Crippen LogP contribution in [-0.2, 0) is 16.0 Å². The van der Waals surface area contributed by atoms with Crippen molar-refractivity contribution in [1.82, 2.24) is 16.0 Å². The van der Waals surface area contributed by atoms with E-state index in [0.29, 0.717) is 30.8 Å². The van der Waals surface area contributed by atoms with E-state index in [4.69, 9.17) is 4.74 Å². The normalized spacial score (nSPS) is 19.6. The minimum absolute atomic E-state index is 0.0550. The van der Waals surface area contributed by atoms with Crippen LogP contribution in [0.15, 0.2) is 24.3 Å². The van der Waals surface area contributed by atoms with Crippen LogP contribution in [0.1, 0.15) is 24.8 Å². The van der Waals surface area contributed by atoms with Gasteiger partial charge in [0.1, 0.15) is 5.75 Å². The number of hydrogen-bond donors (Lipinski definition) is 3. The minimum Gasteiger partial charge on any atom is -0.484 e. The molecule has 3 rings (SSSR count). The maximum absolute atomic E-state index is 12.0. The Bertz CT molecular complexity index is 599. The molecule has 7 heteroatoms. The molecule has 1 saturated heterocycles. The maximum atomic E-state index is 12.0. The lowest BCUT2D eigenvalue weighted by atomic mass is 10.1. The van der Waals surface area contributed by atoms with Gasteiger partial charge in [-0.2, -0.15) is 11.8 Å². The third-order valence-electron chi connectivity index (χ3n) is 4.40. The third kappa shape index (κ3) is 6.88. The van der Waals surface area contributed by atoms with E-state index in [1.807, 2.05) is 36.0 Å². The van der Waals surface area contributed by atoms with Crippen LogP contribution in [-0.4, -0.2) is 55.1 Å². The number of thioether (sulfide) groups is 1. The Morgan fingerprint density at radius 2 is 2.00 bits per heavy atom. The van der Waals surface area contributed by atoms with Crippen molar-refractivity contribution >= 4 is 23.6 Å². The molecule has 2 fully saturated rings. The topological polar surface area (TPSA) is 79.5 Å². The Morgan fingerprint density at radius 3 is 2.69 bits per heavy atom. The molecule has 26 heavy (non-hydrogen) atoms. The fraction of sp³-hybridized carbons (Fsp3) is 0.579. The first-order valence-electron chi connectivity index (χ1n) is 9.28. The van der Waals surface area contributed by atoms with Gasteiger partial charge in [0.25, 0.3) is 5.91 Å². The molecule has 2 aliphatic rings. The Kier molecular flexibility index (Phi) is 7.20. The zero-order valence-electron chi connectivity index (χ0n) is 15.0. The maximum Gasteiger partial charge on any atom is 0.258 e. The summed E-state index contributed by atoms with van der Waals surface area (Å²) in [7, 11) is 0. The largest absolute Gasteiger partial charge is 0.484 e. The molecule has 1 aromatic rings. The van der Waals surface area contributed by atoms with Gasteiger partial charge in [0.05, 0.1) is 0 Å². The second-order valence-electron chi connectivity index (χ2n) is 6.80. The van der Waals surface area contributed by atoms with Crippen LogP contribution < -0.4 is 20.7 Å².